The molecule has 0 saturated carbocycles. The highest BCUT2D eigenvalue weighted by Crippen LogP contribution is 2.50. The highest BCUT2D eigenvalue weighted by Gasteiger charge is 2.30. The zero-order valence-corrected chi connectivity index (χ0v) is 39.3. The highest BCUT2D eigenvalue weighted by molar-refractivity contribution is 7.94. The number of fused-ring (bicyclic) bond motifs is 9. The van der Waals surface area contributed by atoms with Crippen LogP contribution < -0.4 is 0 Å². The van der Waals surface area contributed by atoms with Crippen LogP contribution in [0, 0.1) is 0 Å². The van der Waals surface area contributed by atoms with Crippen molar-refractivity contribution in [3.8, 4) is 66.8 Å². The molecule has 0 aliphatic carbocycles. The van der Waals surface area contributed by atoms with E-state index in [-0.39, 0.29) is 0 Å². The van der Waals surface area contributed by atoms with Gasteiger partial charge >= 0.3 is 0 Å². The summed E-state index contributed by atoms with van der Waals surface area (Å²) in [6.45, 7) is 0. The van der Waals surface area contributed by atoms with Crippen molar-refractivity contribution < 1.29 is 12.6 Å². The van der Waals surface area contributed by atoms with Crippen LogP contribution in [0.15, 0.2) is 279 Å². The van der Waals surface area contributed by atoms with E-state index in [2.05, 4.69) is 48.5 Å². The van der Waals surface area contributed by atoms with E-state index < -0.39 is 29.2 Å². The van der Waals surface area contributed by atoms with Crippen LogP contribution in [-0.2, 0) is 29.2 Å². The standard InChI is InChI=1S/C60H39N3O3S3/c64-67(46-16-4-1-5-17-46)60-27-15-12-24-53(60)54-37-40(30-33-55(54)61-67)43-34-44(41-28-31-49-51-22-10-13-25-58(51)68(65,62-56(49)38-41)47-18-6-2-7-19-47)36-45(35-43)42-29-32-50-52-23-11-14-26-59(52)69(66,63-57(50)39-42)48-20-8-3-9-21-48/h1-39H. The predicted molar refractivity (Wildman–Crippen MR) is 279 cm³/mol. The summed E-state index contributed by atoms with van der Waals surface area (Å²) in [6.07, 6.45) is 0. The molecule has 0 amide bonds. The molecule has 0 N–H and O–H groups in total. The van der Waals surface area contributed by atoms with E-state index >= 15 is 8.42 Å². The molecule has 0 spiro atoms. The van der Waals surface area contributed by atoms with E-state index in [1.165, 1.54) is 0 Å². The van der Waals surface area contributed by atoms with Crippen molar-refractivity contribution in [1.82, 2.24) is 0 Å². The zero-order valence-electron chi connectivity index (χ0n) is 36.8. The summed E-state index contributed by atoms with van der Waals surface area (Å²) in [5.41, 5.74) is 12.9. The first-order valence-corrected chi connectivity index (χ1v) is 27.1. The molecule has 0 radical (unpaired) electrons. The number of hydrogen-bond donors (Lipinski definition) is 0. The smallest absolute Gasteiger partial charge is 0.109 e. The van der Waals surface area contributed by atoms with Gasteiger partial charge in [-0.15, -0.1) is 0 Å². The molecule has 10 aromatic carbocycles. The van der Waals surface area contributed by atoms with Crippen molar-refractivity contribution in [2.45, 2.75) is 29.4 Å². The van der Waals surface area contributed by atoms with Crippen LogP contribution in [-0.4, -0.2) is 12.6 Å². The third-order valence-corrected chi connectivity index (χ3v) is 20.2. The van der Waals surface area contributed by atoms with Gasteiger partial charge < -0.3 is 0 Å². The van der Waals surface area contributed by atoms with Gasteiger partial charge in [0.1, 0.15) is 29.2 Å². The molecule has 9 heteroatoms. The molecule has 0 aromatic heterocycles. The van der Waals surface area contributed by atoms with Gasteiger partial charge in [0, 0.05) is 33.4 Å². The summed E-state index contributed by atoms with van der Waals surface area (Å²) in [4.78, 5) is 4.09. The number of nitrogens with zero attached hydrogens (tertiary/aromatic N) is 3. The second-order valence-corrected chi connectivity index (χ2v) is 23.7. The lowest BCUT2D eigenvalue weighted by molar-refractivity contribution is 0.675. The van der Waals surface area contributed by atoms with Gasteiger partial charge in [0.15, 0.2) is 0 Å². The Morgan fingerprint density at radius 2 is 0.551 bits per heavy atom. The Balaban J connectivity index is 1.02. The largest absolute Gasteiger partial charge is 0.239 e. The maximum absolute atomic E-state index is 15.2. The Morgan fingerprint density at radius 3 is 0.957 bits per heavy atom. The fourth-order valence-corrected chi connectivity index (χ4v) is 16.3. The molecule has 0 bridgehead atoms. The summed E-state index contributed by atoms with van der Waals surface area (Å²) < 4.78 is 60.4. The lowest BCUT2D eigenvalue weighted by Gasteiger charge is -2.23. The molecule has 3 heterocycles. The van der Waals surface area contributed by atoms with Crippen LogP contribution in [0.4, 0.5) is 17.1 Å². The van der Waals surface area contributed by atoms with Crippen LogP contribution in [0.5, 0.6) is 0 Å². The molecule has 3 atom stereocenters. The summed E-state index contributed by atoms with van der Waals surface area (Å²) in [6, 6.07) is 77.2. The van der Waals surface area contributed by atoms with Crippen molar-refractivity contribution in [3.63, 3.8) is 0 Å². The minimum absolute atomic E-state index is 0.655. The van der Waals surface area contributed by atoms with E-state index in [0.29, 0.717) is 46.4 Å². The van der Waals surface area contributed by atoms with E-state index in [9.17, 15) is 4.21 Å². The quantitative estimate of drug-likeness (QED) is 0.166. The number of rotatable bonds is 6. The summed E-state index contributed by atoms with van der Waals surface area (Å²) in [5.74, 6) is 0. The topological polar surface area (TPSA) is 88.3 Å². The second kappa shape index (κ2) is 15.8. The van der Waals surface area contributed by atoms with Crippen molar-refractivity contribution in [2.75, 3.05) is 0 Å². The normalized spacial score (nSPS) is 19.1. The lowest BCUT2D eigenvalue weighted by atomic mass is 9.90. The fraction of sp³-hybridized carbons (Fsp3) is 0. The molecule has 3 unspecified atom stereocenters. The van der Waals surface area contributed by atoms with Crippen molar-refractivity contribution in [3.05, 3.63) is 237 Å². The van der Waals surface area contributed by atoms with Crippen molar-refractivity contribution >= 4 is 46.2 Å². The summed E-state index contributed by atoms with van der Waals surface area (Å²) in [7, 11) is -8.94. The highest BCUT2D eigenvalue weighted by atomic mass is 32.2. The summed E-state index contributed by atoms with van der Waals surface area (Å²) >= 11 is 0. The number of benzene rings is 10. The molecular weight excluding hydrogens is 907 g/mol. The van der Waals surface area contributed by atoms with Crippen molar-refractivity contribution in [1.29, 1.82) is 0 Å². The molecule has 10 aromatic rings. The molecular formula is C60H39N3O3S3. The van der Waals surface area contributed by atoms with Gasteiger partial charge in [0.2, 0.25) is 0 Å². The first-order chi connectivity index (χ1) is 33.8. The third-order valence-electron chi connectivity index (χ3n) is 13.2. The maximum Gasteiger partial charge on any atom is 0.109 e. The van der Waals surface area contributed by atoms with E-state index in [1.807, 2.05) is 188 Å². The Hall–Kier alpha value is -7.95. The molecule has 6 nitrogen and oxygen atoms in total. The molecule has 0 fully saturated rings. The summed E-state index contributed by atoms with van der Waals surface area (Å²) in [5, 5.41) is 0. The van der Waals surface area contributed by atoms with Gasteiger partial charge in [-0.2, -0.15) is 13.1 Å². The van der Waals surface area contributed by atoms with Gasteiger partial charge in [0.05, 0.1) is 46.4 Å². The zero-order chi connectivity index (χ0) is 46.3. The Labute approximate surface area is 402 Å². The molecule has 0 saturated heterocycles. The molecule has 330 valence electrons. The van der Waals surface area contributed by atoms with Gasteiger partial charge in [-0.3, -0.25) is 0 Å². The first kappa shape index (κ1) is 41.3. The fourth-order valence-electron chi connectivity index (χ4n) is 9.88. The SMILES string of the molecule is O=S1(c2ccccc2)=Nc2cc(-c3cc(-c4ccc5c(c4)N=S(=O)(c4ccccc4)c4ccccc4-5)cc(-c4ccc5c(c4)-c4ccccc4S(=O)(c4ccccc4)=N5)c3)ccc2-c2ccccc21. The molecule has 69 heavy (non-hydrogen) atoms. The molecule has 3 aliphatic heterocycles. The van der Waals surface area contributed by atoms with Gasteiger partial charge in [-0.25, -0.2) is 12.6 Å². The first-order valence-electron chi connectivity index (χ1n) is 22.6. The van der Waals surface area contributed by atoms with E-state index in [4.69, 9.17) is 13.1 Å². The van der Waals surface area contributed by atoms with Crippen LogP contribution >= 0.6 is 0 Å². The minimum atomic E-state index is -3.00. The molecule has 13 rings (SSSR count). The number of hydrogen-bond acceptors (Lipinski definition) is 6. The van der Waals surface area contributed by atoms with Crippen LogP contribution in [0.3, 0.4) is 0 Å². The van der Waals surface area contributed by atoms with Gasteiger partial charge in [-0.1, -0.05) is 140 Å². The van der Waals surface area contributed by atoms with Crippen molar-refractivity contribution in [2.24, 2.45) is 13.1 Å². The van der Waals surface area contributed by atoms with E-state index in [1.54, 1.807) is 0 Å². The lowest BCUT2D eigenvalue weighted by Crippen LogP contribution is -2.07. The second-order valence-electron chi connectivity index (χ2n) is 17.3. The van der Waals surface area contributed by atoms with Gasteiger partial charge in [0.25, 0.3) is 0 Å². The van der Waals surface area contributed by atoms with Gasteiger partial charge in [-0.05, 0) is 130 Å². The average molecular weight is 946 g/mol. The van der Waals surface area contributed by atoms with E-state index in [0.717, 1.165) is 66.8 Å². The van der Waals surface area contributed by atoms with Crippen LogP contribution in [0.1, 0.15) is 0 Å². The predicted octanol–water partition coefficient (Wildman–Crippen LogP) is 16.3. The average Bonchev–Trinajstić information content (AvgIpc) is 3.41. The Kier molecular flexibility index (Phi) is 9.46. The maximum atomic E-state index is 15.2. The minimum Gasteiger partial charge on any atom is -0.239 e. The van der Waals surface area contributed by atoms with Crippen LogP contribution in [0.25, 0.3) is 66.8 Å². The Morgan fingerprint density at radius 1 is 0.232 bits per heavy atom. The Bertz CT molecular complexity index is 4000. The van der Waals surface area contributed by atoms with Crippen LogP contribution in [0.2, 0.25) is 0 Å². The third kappa shape index (κ3) is 6.60. The molecule has 3 aliphatic rings. The monoisotopic (exact) mass is 945 g/mol.